The smallest absolute Gasteiger partial charge is 0.191 e. The largest absolute Gasteiger partial charge is 0.379 e. The lowest BCUT2D eigenvalue weighted by Gasteiger charge is -2.20. The maximum absolute atomic E-state index is 5.58. The maximum Gasteiger partial charge on any atom is 0.191 e. The molecule has 160 valence electrons. The van der Waals surface area contributed by atoms with Gasteiger partial charge in [-0.25, -0.2) is 0 Å². The lowest BCUT2D eigenvalue weighted by molar-refractivity contribution is 0.0487. The number of anilines is 1. The van der Waals surface area contributed by atoms with Crippen LogP contribution in [0.2, 0.25) is 0 Å². The Hall–Kier alpha value is -1.06. The number of aliphatic imine (C=N–C) groups is 1. The van der Waals surface area contributed by atoms with Crippen LogP contribution in [-0.2, 0) is 9.47 Å². The van der Waals surface area contributed by atoms with Gasteiger partial charge in [0.15, 0.2) is 5.96 Å². The lowest BCUT2D eigenvalue weighted by Crippen LogP contribution is -2.45. The molecule has 7 heteroatoms. The van der Waals surface area contributed by atoms with Gasteiger partial charge in [0.2, 0.25) is 0 Å². The van der Waals surface area contributed by atoms with Crippen molar-refractivity contribution in [2.75, 3.05) is 58.0 Å². The molecule has 0 aromatic heterocycles. The van der Waals surface area contributed by atoms with Gasteiger partial charge in [-0.2, -0.15) is 0 Å². The second kappa shape index (κ2) is 14.9. The maximum atomic E-state index is 5.58. The summed E-state index contributed by atoms with van der Waals surface area (Å²) in [6, 6.07) is 9.16. The molecule has 0 radical (unpaired) electrons. The van der Waals surface area contributed by atoms with Crippen molar-refractivity contribution in [3.8, 4) is 0 Å². The number of nitrogens with zero attached hydrogens (tertiary/aromatic N) is 2. The fraction of sp³-hybridized carbons (Fsp3) is 0.667. The van der Waals surface area contributed by atoms with Gasteiger partial charge in [-0.15, -0.1) is 24.0 Å². The molecule has 1 aromatic rings. The van der Waals surface area contributed by atoms with Gasteiger partial charge >= 0.3 is 0 Å². The zero-order chi connectivity index (χ0) is 19.3. The van der Waals surface area contributed by atoms with Crippen molar-refractivity contribution in [1.82, 2.24) is 10.6 Å². The van der Waals surface area contributed by atoms with Gasteiger partial charge in [0.05, 0.1) is 19.8 Å². The summed E-state index contributed by atoms with van der Waals surface area (Å²) in [6.45, 7) is 9.88. The summed E-state index contributed by atoms with van der Waals surface area (Å²) < 4.78 is 11.1. The number of halogens is 1. The Labute approximate surface area is 187 Å². The summed E-state index contributed by atoms with van der Waals surface area (Å²) in [5.41, 5.74) is 2.59. The summed E-state index contributed by atoms with van der Waals surface area (Å²) in [5.74, 6) is 0.841. The number of rotatable bonds is 11. The van der Waals surface area contributed by atoms with E-state index in [0.29, 0.717) is 25.9 Å². The molecule has 28 heavy (non-hydrogen) atoms. The van der Waals surface area contributed by atoms with Gasteiger partial charge < -0.3 is 25.0 Å². The Bertz CT molecular complexity index is 554. The van der Waals surface area contributed by atoms with Crippen molar-refractivity contribution < 1.29 is 9.47 Å². The van der Waals surface area contributed by atoms with Crippen LogP contribution in [-0.4, -0.2) is 65.1 Å². The third kappa shape index (κ3) is 9.43. The topological polar surface area (TPSA) is 58.1 Å². The number of hydrogen-bond donors (Lipinski definition) is 2. The molecule has 1 aliphatic heterocycles. The molecule has 6 nitrogen and oxygen atoms in total. The second-order valence-electron chi connectivity index (χ2n) is 6.99. The Morgan fingerprint density at radius 2 is 1.86 bits per heavy atom. The van der Waals surface area contributed by atoms with Crippen molar-refractivity contribution >= 4 is 35.6 Å². The molecule has 0 spiro atoms. The predicted molar refractivity (Wildman–Crippen MR) is 128 cm³/mol. The van der Waals surface area contributed by atoms with E-state index in [0.717, 1.165) is 45.0 Å². The minimum absolute atomic E-state index is 0. The molecule has 0 aliphatic carbocycles. The van der Waals surface area contributed by atoms with Crippen LogP contribution in [0.1, 0.15) is 31.7 Å². The monoisotopic (exact) mass is 504 g/mol. The number of benzene rings is 1. The summed E-state index contributed by atoms with van der Waals surface area (Å²) in [4.78, 5) is 6.75. The number of hydrogen-bond acceptors (Lipinski definition) is 4. The fourth-order valence-corrected chi connectivity index (χ4v) is 3.07. The van der Waals surface area contributed by atoms with E-state index in [9.17, 15) is 0 Å². The first kappa shape index (κ1) is 25.0. The predicted octanol–water partition coefficient (Wildman–Crippen LogP) is 3.19. The number of guanidine groups is 1. The Balaban J connectivity index is 0.00000392. The van der Waals surface area contributed by atoms with Gasteiger partial charge in [-0.3, -0.25) is 4.99 Å². The SMILES string of the molecule is CCCCOCCOCCNC(=NC)NC1CCN(c2ccc(C)cc2)C1.I. The van der Waals surface area contributed by atoms with Gasteiger partial charge in [0.1, 0.15) is 0 Å². The molecule has 1 atom stereocenters. The molecule has 0 saturated carbocycles. The van der Waals surface area contributed by atoms with Crippen molar-refractivity contribution in [3.63, 3.8) is 0 Å². The Morgan fingerprint density at radius 1 is 1.14 bits per heavy atom. The van der Waals surface area contributed by atoms with E-state index in [1.54, 1.807) is 0 Å². The van der Waals surface area contributed by atoms with Crippen molar-refractivity contribution in [3.05, 3.63) is 29.8 Å². The molecule has 1 aliphatic rings. The van der Waals surface area contributed by atoms with Crippen molar-refractivity contribution in [2.45, 2.75) is 39.2 Å². The molecular weight excluding hydrogens is 467 g/mol. The van der Waals surface area contributed by atoms with Crippen LogP contribution in [0.4, 0.5) is 5.69 Å². The van der Waals surface area contributed by atoms with Gasteiger partial charge in [-0.05, 0) is 31.9 Å². The van der Waals surface area contributed by atoms with Crippen molar-refractivity contribution in [2.24, 2.45) is 4.99 Å². The van der Waals surface area contributed by atoms with Gasteiger partial charge in [0.25, 0.3) is 0 Å². The average Bonchev–Trinajstić information content (AvgIpc) is 3.15. The molecule has 1 aromatic carbocycles. The molecule has 1 heterocycles. The lowest BCUT2D eigenvalue weighted by atomic mass is 10.2. The average molecular weight is 504 g/mol. The van der Waals surface area contributed by atoms with Crippen LogP contribution in [0.3, 0.4) is 0 Å². The van der Waals surface area contributed by atoms with E-state index in [1.807, 2.05) is 7.05 Å². The summed E-state index contributed by atoms with van der Waals surface area (Å²) in [7, 11) is 1.81. The Kier molecular flexibility index (Phi) is 13.3. The molecule has 0 amide bonds. The van der Waals surface area contributed by atoms with E-state index in [1.165, 1.54) is 17.7 Å². The first-order chi connectivity index (χ1) is 13.2. The van der Waals surface area contributed by atoms with Crippen LogP contribution in [0.5, 0.6) is 0 Å². The van der Waals surface area contributed by atoms with E-state index < -0.39 is 0 Å². The first-order valence-corrected chi connectivity index (χ1v) is 10.2. The molecule has 1 saturated heterocycles. The van der Waals surface area contributed by atoms with Crippen LogP contribution in [0.15, 0.2) is 29.3 Å². The zero-order valence-corrected chi connectivity index (χ0v) is 19.9. The molecular formula is C21H37IN4O2. The van der Waals surface area contributed by atoms with Crippen LogP contribution in [0.25, 0.3) is 0 Å². The summed E-state index contributed by atoms with van der Waals surface area (Å²) in [5, 5.41) is 6.84. The highest BCUT2D eigenvalue weighted by Crippen LogP contribution is 2.20. The molecule has 0 bridgehead atoms. The van der Waals surface area contributed by atoms with E-state index in [2.05, 4.69) is 58.6 Å². The van der Waals surface area contributed by atoms with E-state index in [4.69, 9.17) is 9.47 Å². The van der Waals surface area contributed by atoms with Gasteiger partial charge in [0, 0.05) is 45.0 Å². The number of aryl methyl sites for hydroxylation is 1. The normalized spacial score (nSPS) is 16.8. The molecule has 1 unspecified atom stereocenters. The molecule has 2 N–H and O–H groups in total. The number of ether oxygens (including phenoxy) is 2. The molecule has 1 fully saturated rings. The fourth-order valence-electron chi connectivity index (χ4n) is 3.07. The zero-order valence-electron chi connectivity index (χ0n) is 17.6. The summed E-state index contributed by atoms with van der Waals surface area (Å²) >= 11 is 0. The highest BCUT2D eigenvalue weighted by molar-refractivity contribution is 14.0. The Morgan fingerprint density at radius 3 is 2.54 bits per heavy atom. The third-order valence-corrected chi connectivity index (χ3v) is 4.70. The number of unbranched alkanes of at least 4 members (excludes halogenated alkanes) is 1. The van der Waals surface area contributed by atoms with Crippen LogP contribution < -0.4 is 15.5 Å². The highest BCUT2D eigenvalue weighted by Gasteiger charge is 2.23. The standard InChI is InChI=1S/C21H36N4O2.HI/c1-4-5-13-26-15-16-27-14-11-23-21(22-3)24-19-10-12-25(17-19)20-8-6-18(2)7-9-20;/h6-9,19H,4-5,10-17H2,1-3H3,(H2,22,23,24);1H. The number of nitrogens with one attached hydrogen (secondary N) is 2. The minimum Gasteiger partial charge on any atom is -0.379 e. The van der Waals surface area contributed by atoms with Gasteiger partial charge in [-0.1, -0.05) is 31.0 Å². The minimum atomic E-state index is 0. The first-order valence-electron chi connectivity index (χ1n) is 10.2. The second-order valence-corrected chi connectivity index (χ2v) is 6.99. The van der Waals surface area contributed by atoms with Crippen LogP contribution in [0, 0.1) is 6.92 Å². The van der Waals surface area contributed by atoms with Crippen LogP contribution >= 0.6 is 24.0 Å². The summed E-state index contributed by atoms with van der Waals surface area (Å²) in [6.07, 6.45) is 3.40. The quantitative estimate of drug-likeness (QED) is 0.210. The van der Waals surface area contributed by atoms with E-state index in [-0.39, 0.29) is 24.0 Å². The van der Waals surface area contributed by atoms with Crippen molar-refractivity contribution in [1.29, 1.82) is 0 Å². The third-order valence-electron chi connectivity index (χ3n) is 4.70. The highest BCUT2D eigenvalue weighted by atomic mass is 127. The molecule has 2 rings (SSSR count). The van der Waals surface area contributed by atoms with E-state index >= 15 is 0 Å².